The van der Waals surface area contributed by atoms with Gasteiger partial charge in [-0.05, 0) is 62.7 Å². The molecule has 1 heterocycles. The summed E-state index contributed by atoms with van der Waals surface area (Å²) < 4.78 is 39.7. The zero-order chi connectivity index (χ0) is 24.3. The molecule has 1 aliphatic heterocycles. The van der Waals surface area contributed by atoms with E-state index in [1.165, 1.54) is 4.31 Å². The fourth-order valence-corrected chi connectivity index (χ4v) is 5.14. The summed E-state index contributed by atoms with van der Waals surface area (Å²) in [6.07, 6.45) is -0.908. The Hall–Kier alpha value is -3.52. The van der Waals surface area contributed by atoms with Crippen LogP contribution in [0.15, 0.2) is 77.7 Å². The number of aryl methyl sites for hydroxylation is 1. The highest BCUT2D eigenvalue weighted by Gasteiger charge is 2.37. The van der Waals surface area contributed by atoms with Crippen LogP contribution in [0.3, 0.4) is 0 Å². The minimum atomic E-state index is -3.88. The first kappa shape index (κ1) is 23.6. The molecule has 4 rings (SSSR count). The third-order valence-corrected chi connectivity index (χ3v) is 7.19. The second-order valence-electron chi connectivity index (χ2n) is 8.45. The van der Waals surface area contributed by atoms with Crippen LogP contribution < -0.4 is 19.1 Å². The first-order valence-electron chi connectivity index (χ1n) is 11.1. The van der Waals surface area contributed by atoms with Crippen LogP contribution in [0.2, 0.25) is 0 Å². The minimum Gasteiger partial charge on any atom is -0.491 e. The molecule has 0 aromatic heterocycles. The van der Waals surface area contributed by atoms with E-state index in [4.69, 9.17) is 9.47 Å². The zero-order valence-electron chi connectivity index (χ0n) is 19.4. The van der Waals surface area contributed by atoms with Crippen molar-refractivity contribution in [3.8, 4) is 11.5 Å². The van der Waals surface area contributed by atoms with E-state index < -0.39 is 16.1 Å². The Balaban J connectivity index is 1.51. The molecule has 3 aromatic carbocycles. The van der Waals surface area contributed by atoms with Crippen molar-refractivity contribution in [3.05, 3.63) is 83.9 Å². The second kappa shape index (κ2) is 9.77. The van der Waals surface area contributed by atoms with E-state index in [0.29, 0.717) is 11.4 Å². The zero-order valence-corrected chi connectivity index (χ0v) is 20.2. The molecule has 1 N–H and O–H groups in total. The van der Waals surface area contributed by atoms with Gasteiger partial charge in [0.1, 0.15) is 11.5 Å². The summed E-state index contributed by atoms with van der Waals surface area (Å²) in [5, 5.41) is 2.85. The lowest BCUT2D eigenvalue weighted by Crippen LogP contribution is -2.50. The summed E-state index contributed by atoms with van der Waals surface area (Å²) in [6, 6.07) is 20.9. The Bertz CT molecular complexity index is 1260. The van der Waals surface area contributed by atoms with E-state index in [9.17, 15) is 13.2 Å². The normalized spacial score (nSPS) is 15.4. The minimum absolute atomic E-state index is 0.0796. The molecule has 0 saturated heterocycles. The first-order valence-corrected chi connectivity index (χ1v) is 12.6. The van der Waals surface area contributed by atoms with Crippen molar-refractivity contribution in [2.45, 2.75) is 44.4 Å². The highest BCUT2D eigenvalue weighted by Crippen LogP contribution is 2.36. The molecular weight excluding hydrogens is 452 g/mol. The van der Waals surface area contributed by atoms with Crippen molar-refractivity contribution < 1.29 is 22.7 Å². The molecule has 178 valence electrons. The molecule has 3 aromatic rings. The molecule has 0 bridgehead atoms. The fourth-order valence-electron chi connectivity index (χ4n) is 3.66. The number of carbonyl (C=O) groups excluding carboxylic acids is 1. The van der Waals surface area contributed by atoms with Crippen LogP contribution >= 0.6 is 0 Å². The molecule has 34 heavy (non-hydrogen) atoms. The summed E-state index contributed by atoms with van der Waals surface area (Å²) in [5.74, 6) is 0.718. The highest BCUT2D eigenvalue weighted by atomic mass is 32.2. The van der Waals surface area contributed by atoms with Crippen molar-refractivity contribution in [2.24, 2.45) is 0 Å². The summed E-state index contributed by atoms with van der Waals surface area (Å²) in [4.78, 5) is 13.1. The van der Waals surface area contributed by atoms with E-state index in [0.717, 1.165) is 16.9 Å². The SMILES string of the molecule is Cc1ccc(S(=O)(=O)N2C[C@H](C(=O)NCc3ccc(OC(C)C)cc3)Oc3ccccc32)cc1. The van der Waals surface area contributed by atoms with Crippen molar-refractivity contribution in [1.82, 2.24) is 5.32 Å². The molecule has 0 fully saturated rings. The van der Waals surface area contributed by atoms with Gasteiger partial charge in [-0.15, -0.1) is 0 Å². The number of amides is 1. The van der Waals surface area contributed by atoms with E-state index >= 15 is 0 Å². The Morgan fingerprint density at radius 1 is 1.06 bits per heavy atom. The number of para-hydroxylation sites is 2. The number of ether oxygens (including phenoxy) is 2. The summed E-state index contributed by atoms with van der Waals surface area (Å²) in [7, 11) is -3.88. The van der Waals surface area contributed by atoms with Crippen LogP contribution in [0.25, 0.3) is 0 Å². The Morgan fingerprint density at radius 3 is 2.41 bits per heavy atom. The lowest BCUT2D eigenvalue weighted by Gasteiger charge is -2.34. The third kappa shape index (κ3) is 5.17. The average molecular weight is 481 g/mol. The molecule has 1 amide bonds. The van der Waals surface area contributed by atoms with E-state index in [1.54, 1.807) is 48.5 Å². The summed E-state index contributed by atoms with van der Waals surface area (Å²) >= 11 is 0. The number of rotatable bonds is 7. The monoisotopic (exact) mass is 480 g/mol. The number of hydrogen-bond acceptors (Lipinski definition) is 5. The van der Waals surface area contributed by atoms with Gasteiger partial charge in [0, 0.05) is 6.54 Å². The van der Waals surface area contributed by atoms with E-state index in [-0.39, 0.29) is 30.0 Å². The molecular formula is C26H28N2O5S. The fraction of sp³-hybridized carbons (Fsp3) is 0.269. The molecule has 0 aliphatic carbocycles. The number of nitrogens with one attached hydrogen (secondary N) is 1. The van der Waals surface area contributed by atoms with Crippen LogP contribution in [-0.4, -0.2) is 33.1 Å². The van der Waals surface area contributed by atoms with E-state index in [2.05, 4.69) is 5.32 Å². The third-order valence-electron chi connectivity index (χ3n) is 5.40. The first-order chi connectivity index (χ1) is 16.2. The van der Waals surface area contributed by atoms with Crippen LogP contribution in [-0.2, 0) is 21.4 Å². The van der Waals surface area contributed by atoms with Gasteiger partial charge in [0.05, 0.1) is 23.2 Å². The molecule has 8 heteroatoms. The van der Waals surface area contributed by atoms with Crippen LogP contribution in [0.5, 0.6) is 11.5 Å². The van der Waals surface area contributed by atoms with Crippen LogP contribution in [0.1, 0.15) is 25.0 Å². The van der Waals surface area contributed by atoms with Crippen molar-refractivity contribution in [3.63, 3.8) is 0 Å². The number of carbonyl (C=O) groups is 1. The molecule has 1 aliphatic rings. The van der Waals surface area contributed by atoms with Crippen LogP contribution in [0, 0.1) is 6.92 Å². The van der Waals surface area contributed by atoms with Gasteiger partial charge in [0.25, 0.3) is 15.9 Å². The number of hydrogen-bond donors (Lipinski definition) is 1. The standard InChI is InChI=1S/C26H28N2O5S/c1-18(2)32-21-12-10-20(11-13-21)16-27-26(29)25-17-28(23-6-4-5-7-24(23)33-25)34(30,31)22-14-8-19(3)9-15-22/h4-15,18,25H,16-17H2,1-3H3,(H,27,29)/t25-/m1/s1. The predicted molar refractivity (Wildman–Crippen MR) is 131 cm³/mol. The predicted octanol–water partition coefficient (Wildman–Crippen LogP) is 4.05. The van der Waals surface area contributed by atoms with Gasteiger partial charge in [0.2, 0.25) is 0 Å². The average Bonchev–Trinajstić information content (AvgIpc) is 2.82. The van der Waals surface area contributed by atoms with Gasteiger partial charge in [-0.25, -0.2) is 8.42 Å². The van der Waals surface area contributed by atoms with Crippen LogP contribution in [0.4, 0.5) is 5.69 Å². The number of anilines is 1. The van der Waals surface area contributed by atoms with Crippen molar-refractivity contribution in [2.75, 3.05) is 10.8 Å². The Labute approximate surface area is 200 Å². The Morgan fingerprint density at radius 2 is 1.74 bits per heavy atom. The maximum Gasteiger partial charge on any atom is 0.264 e. The van der Waals surface area contributed by atoms with Gasteiger partial charge >= 0.3 is 0 Å². The van der Waals surface area contributed by atoms with Gasteiger partial charge in [0.15, 0.2) is 6.10 Å². The number of nitrogens with zero attached hydrogens (tertiary/aromatic N) is 1. The molecule has 0 radical (unpaired) electrons. The largest absolute Gasteiger partial charge is 0.491 e. The topological polar surface area (TPSA) is 84.9 Å². The number of fused-ring (bicyclic) bond motifs is 1. The molecule has 1 atom stereocenters. The maximum atomic E-state index is 13.4. The smallest absolute Gasteiger partial charge is 0.264 e. The Kier molecular flexibility index (Phi) is 6.79. The van der Waals surface area contributed by atoms with Crippen molar-refractivity contribution in [1.29, 1.82) is 0 Å². The molecule has 0 spiro atoms. The molecule has 0 saturated carbocycles. The van der Waals surface area contributed by atoms with Crippen molar-refractivity contribution >= 4 is 21.6 Å². The lowest BCUT2D eigenvalue weighted by molar-refractivity contribution is -0.127. The summed E-state index contributed by atoms with van der Waals surface area (Å²) in [6.45, 7) is 5.97. The quantitative estimate of drug-likeness (QED) is 0.551. The molecule has 0 unspecified atom stereocenters. The van der Waals surface area contributed by atoms with Gasteiger partial charge in [-0.3, -0.25) is 9.10 Å². The highest BCUT2D eigenvalue weighted by molar-refractivity contribution is 7.92. The molecule has 7 nitrogen and oxygen atoms in total. The number of sulfonamides is 1. The maximum absolute atomic E-state index is 13.4. The van der Waals surface area contributed by atoms with Gasteiger partial charge in [-0.2, -0.15) is 0 Å². The number of benzene rings is 3. The summed E-state index contributed by atoms with van der Waals surface area (Å²) in [5.41, 5.74) is 2.26. The van der Waals surface area contributed by atoms with E-state index in [1.807, 2.05) is 45.0 Å². The van der Waals surface area contributed by atoms with Gasteiger partial charge < -0.3 is 14.8 Å². The second-order valence-corrected chi connectivity index (χ2v) is 10.3. The van der Waals surface area contributed by atoms with Gasteiger partial charge in [-0.1, -0.05) is 42.0 Å². The lowest BCUT2D eigenvalue weighted by atomic mass is 10.2.